The average Bonchev–Trinajstić information content (AvgIpc) is 2.73. The van der Waals surface area contributed by atoms with Gasteiger partial charge in [-0.2, -0.15) is 8.42 Å². The molecule has 21 heavy (non-hydrogen) atoms. The van der Waals surface area contributed by atoms with Crippen LogP contribution in [0.4, 0.5) is 5.69 Å². The van der Waals surface area contributed by atoms with Crippen molar-refractivity contribution in [2.45, 2.75) is 0 Å². The molecular weight excluding hydrogens is 294 g/mol. The van der Waals surface area contributed by atoms with Gasteiger partial charge in [0.2, 0.25) is 0 Å². The van der Waals surface area contributed by atoms with E-state index in [1.165, 1.54) is 12.1 Å². The van der Waals surface area contributed by atoms with Gasteiger partial charge >= 0.3 is 10.2 Å². The van der Waals surface area contributed by atoms with Gasteiger partial charge in [0.15, 0.2) is 0 Å². The summed E-state index contributed by atoms with van der Waals surface area (Å²) in [5.74, 6) is -0.850. The van der Waals surface area contributed by atoms with Gasteiger partial charge in [-0.15, -0.1) is 0 Å². The summed E-state index contributed by atoms with van der Waals surface area (Å²) in [5, 5.41) is 9.90. The van der Waals surface area contributed by atoms with Gasteiger partial charge in [0.1, 0.15) is 12.3 Å². The smallest absolute Gasteiger partial charge is 0.326 e. The number of phenolic OH excluding ortho intramolecular Hbond substituents is 1. The molecule has 1 amide bonds. The van der Waals surface area contributed by atoms with Crippen LogP contribution in [0.25, 0.3) is 11.1 Å². The van der Waals surface area contributed by atoms with E-state index in [0.29, 0.717) is 5.56 Å². The number of nitrogens with zero attached hydrogens (tertiary/aromatic N) is 2. The zero-order valence-corrected chi connectivity index (χ0v) is 11.5. The number of benzene rings is 1. The van der Waals surface area contributed by atoms with E-state index in [0.717, 1.165) is 9.87 Å². The molecule has 1 aliphatic heterocycles. The minimum Gasteiger partial charge on any atom is -0.506 e. The third-order valence-corrected chi connectivity index (χ3v) is 4.47. The molecule has 108 valence electrons. The molecule has 0 bridgehead atoms. The number of rotatable bonds is 2. The molecular formula is C13H11N3O4S. The van der Waals surface area contributed by atoms with Crippen LogP contribution in [0.5, 0.6) is 5.75 Å². The molecule has 1 saturated heterocycles. The zero-order chi connectivity index (χ0) is 15.0. The van der Waals surface area contributed by atoms with Crippen LogP contribution >= 0.6 is 0 Å². The SMILES string of the molecule is O=C1CN(c2cc(-c3ccncc3)ccc2O)S(=O)(=O)N1. The van der Waals surface area contributed by atoms with Gasteiger partial charge in [-0.1, -0.05) is 6.07 Å². The van der Waals surface area contributed by atoms with E-state index in [1.54, 1.807) is 30.6 Å². The Morgan fingerprint density at radius 3 is 2.48 bits per heavy atom. The number of pyridine rings is 1. The summed E-state index contributed by atoms with van der Waals surface area (Å²) in [6.07, 6.45) is 3.22. The molecule has 1 aliphatic rings. The van der Waals surface area contributed by atoms with Crippen molar-refractivity contribution in [3.8, 4) is 16.9 Å². The second-order valence-corrected chi connectivity index (χ2v) is 6.07. The van der Waals surface area contributed by atoms with Crippen molar-refractivity contribution in [2.75, 3.05) is 10.8 Å². The number of aromatic hydroxyl groups is 1. The van der Waals surface area contributed by atoms with Crippen LogP contribution < -0.4 is 9.03 Å². The van der Waals surface area contributed by atoms with Gasteiger partial charge in [0, 0.05) is 12.4 Å². The van der Waals surface area contributed by atoms with Gasteiger partial charge in [0.05, 0.1) is 5.69 Å². The molecule has 8 heteroatoms. The Labute approximate surface area is 121 Å². The normalized spacial score (nSPS) is 16.8. The number of carbonyl (C=O) groups excluding carboxylic acids is 1. The fourth-order valence-electron chi connectivity index (χ4n) is 2.11. The molecule has 7 nitrogen and oxygen atoms in total. The number of carbonyl (C=O) groups is 1. The quantitative estimate of drug-likeness (QED) is 0.848. The second-order valence-electron chi connectivity index (χ2n) is 4.48. The minimum absolute atomic E-state index is 0.0580. The van der Waals surface area contributed by atoms with E-state index in [2.05, 4.69) is 4.98 Å². The maximum Gasteiger partial charge on any atom is 0.326 e. The van der Waals surface area contributed by atoms with Gasteiger partial charge in [-0.3, -0.25) is 9.78 Å². The minimum atomic E-state index is -3.95. The molecule has 2 N–H and O–H groups in total. The first-order chi connectivity index (χ1) is 9.97. The fraction of sp³-hybridized carbons (Fsp3) is 0.0769. The molecule has 0 unspecified atom stereocenters. The van der Waals surface area contributed by atoms with Gasteiger partial charge in [0.25, 0.3) is 5.91 Å². The van der Waals surface area contributed by atoms with Crippen LogP contribution in [0.2, 0.25) is 0 Å². The Morgan fingerprint density at radius 2 is 1.86 bits per heavy atom. The highest BCUT2D eigenvalue weighted by atomic mass is 32.2. The molecule has 1 aromatic carbocycles. The molecule has 2 heterocycles. The van der Waals surface area contributed by atoms with E-state index < -0.39 is 16.1 Å². The van der Waals surface area contributed by atoms with Gasteiger partial charge in [-0.25, -0.2) is 9.03 Å². The Bertz CT molecular complexity index is 805. The van der Waals surface area contributed by atoms with Crippen molar-refractivity contribution < 1.29 is 18.3 Å². The van der Waals surface area contributed by atoms with Crippen molar-refractivity contribution in [1.29, 1.82) is 0 Å². The summed E-state index contributed by atoms with van der Waals surface area (Å²) in [6.45, 7) is -0.351. The number of hydrogen-bond acceptors (Lipinski definition) is 5. The molecule has 0 radical (unpaired) electrons. The Kier molecular flexibility index (Phi) is 3.02. The zero-order valence-electron chi connectivity index (χ0n) is 10.7. The monoisotopic (exact) mass is 305 g/mol. The predicted octanol–water partition coefficient (Wildman–Crippen LogP) is 0.635. The topological polar surface area (TPSA) is 99.6 Å². The van der Waals surface area contributed by atoms with Gasteiger partial charge in [-0.05, 0) is 35.4 Å². The molecule has 3 rings (SSSR count). The number of hydrogen-bond donors (Lipinski definition) is 2. The second kappa shape index (κ2) is 4.74. The first kappa shape index (κ1) is 13.4. The Hall–Kier alpha value is -2.61. The van der Waals surface area contributed by atoms with E-state index >= 15 is 0 Å². The fourth-order valence-corrected chi connectivity index (χ4v) is 3.26. The van der Waals surface area contributed by atoms with E-state index in [1.807, 2.05) is 4.72 Å². The molecule has 0 aliphatic carbocycles. The molecule has 2 aromatic rings. The third-order valence-electron chi connectivity index (χ3n) is 3.08. The van der Waals surface area contributed by atoms with Crippen molar-refractivity contribution in [2.24, 2.45) is 0 Å². The number of amides is 1. The van der Waals surface area contributed by atoms with E-state index in [-0.39, 0.29) is 18.0 Å². The third kappa shape index (κ3) is 2.40. The standard InChI is InChI=1S/C13H11N3O4S/c17-12-2-1-10(9-3-5-14-6-4-9)7-11(12)16-8-13(18)15-21(16,19)20/h1-7,17H,8H2,(H,15,18). The van der Waals surface area contributed by atoms with Crippen molar-refractivity contribution in [1.82, 2.24) is 9.71 Å². The average molecular weight is 305 g/mol. The lowest BCUT2D eigenvalue weighted by atomic mass is 10.1. The molecule has 0 atom stereocenters. The summed E-state index contributed by atoms with van der Waals surface area (Å²) in [5.41, 5.74) is 1.59. The Morgan fingerprint density at radius 1 is 1.14 bits per heavy atom. The lowest BCUT2D eigenvalue weighted by Gasteiger charge is -2.17. The highest BCUT2D eigenvalue weighted by molar-refractivity contribution is 7.92. The molecule has 1 aromatic heterocycles. The van der Waals surface area contributed by atoms with Crippen molar-refractivity contribution in [3.05, 3.63) is 42.7 Å². The predicted molar refractivity (Wildman–Crippen MR) is 75.7 cm³/mol. The summed E-state index contributed by atoms with van der Waals surface area (Å²) >= 11 is 0. The van der Waals surface area contributed by atoms with Crippen molar-refractivity contribution in [3.63, 3.8) is 0 Å². The Balaban J connectivity index is 2.10. The van der Waals surface area contributed by atoms with Crippen LogP contribution in [-0.2, 0) is 15.0 Å². The number of phenols is 1. The highest BCUT2D eigenvalue weighted by Crippen LogP contribution is 2.34. The summed E-state index contributed by atoms with van der Waals surface area (Å²) in [6, 6.07) is 8.09. The van der Waals surface area contributed by atoms with Crippen LogP contribution in [0.3, 0.4) is 0 Å². The van der Waals surface area contributed by atoms with Crippen LogP contribution in [-0.4, -0.2) is 31.0 Å². The number of aromatic nitrogens is 1. The number of anilines is 1. The van der Waals surface area contributed by atoms with E-state index in [9.17, 15) is 18.3 Å². The van der Waals surface area contributed by atoms with Crippen LogP contribution in [0.1, 0.15) is 0 Å². The summed E-state index contributed by atoms with van der Waals surface area (Å²) in [4.78, 5) is 15.2. The lowest BCUT2D eigenvalue weighted by Crippen LogP contribution is -2.29. The maximum atomic E-state index is 11.8. The van der Waals surface area contributed by atoms with Crippen molar-refractivity contribution >= 4 is 21.8 Å². The van der Waals surface area contributed by atoms with Gasteiger partial charge < -0.3 is 5.11 Å². The highest BCUT2D eigenvalue weighted by Gasteiger charge is 2.35. The summed E-state index contributed by atoms with van der Waals surface area (Å²) < 4.78 is 26.4. The van der Waals surface area contributed by atoms with E-state index in [4.69, 9.17) is 0 Å². The summed E-state index contributed by atoms with van der Waals surface area (Å²) in [7, 11) is -3.95. The molecule has 1 fully saturated rings. The largest absolute Gasteiger partial charge is 0.506 e. The van der Waals surface area contributed by atoms with Crippen LogP contribution in [0.15, 0.2) is 42.7 Å². The van der Waals surface area contributed by atoms with Crippen LogP contribution in [0, 0.1) is 0 Å². The maximum absolute atomic E-state index is 11.8. The first-order valence-corrected chi connectivity index (χ1v) is 7.48. The first-order valence-electron chi connectivity index (χ1n) is 6.04. The number of nitrogens with one attached hydrogen (secondary N) is 1. The lowest BCUT2D eigenvalue weighted by molar-refractivity contribution is -0.117. The molecule has 0 spiro atoms. The molecule has 0 saturated carbocycles.